The SMILES string of the molecule is [PH2][Pd]([Cl])([Cl])([c]1ccccc1)[c]1ccccc1. The van der Waals surface area contributed by atoms with Gasteiger partial charge in [0.1, 0.15) is 0 Å². The minimum absolute atomic E-state index is 0.997. The predicted octanol–water partition coefficient (Wildman–Crippen LogP) is 3.42. The minimum atomic E-state index is -3.45. The van der Waals surface area contributed by atoms with E-state index in [0.29, 0.717) is 0 Å². The van der Waals surface area contributed by atoms with Crippen LogP contribution in [0.15, 0.2) is 60.7 Å². The van der Waals surface area contributed by atoms with Gasteiger partial charge in [0.2, 0.25) is 0 Å². The van der Waals surface area contributed by atoms with E-state index in [2.05, 4.69) is 7.43 Å². The zero-order chi connectivity index (χ0) is 11.7. The average Bonchev–Trinajstić information content (AvgIpc) is 2.31. The summed E-state index contributed by atoms with van der Waals surface area (Å²) in [6.07, 6.45) is 0. The molecule has 0 radical (unpaired) electrons. The molecule has 0 N–H and O–H groups in total. The standard InChI is InChI=1S/2C6H5.2ClH.H2P.Pd/c2*1-2-4-6-5-3-1;;;;/h2*1-5H;2*1H;1H2;/q;;;;-1;+3/p-2. The van der Waals surface area contributed by atoms with Crippen LogP contribution in [0.3, 0.4) is 0 Å². The second kappa shape index (κ2) is 4.41. The van der Waals surface area contributed by atoms with Gasteiger partial charge in [-0.3, -0.25) is 0 Å². The van der Waals surface area contributed by atoms with Gasteiger partial charge in [-0.2, -0.15) is 0 Å². The summed E-state index contributed by atoms with van der Waals surface area (Å²) in [7, 11) is 16.2. The van der Waals surface area contributed by atoms with Crippen molar-refractivity contribution < 1.29 is 11.8 Å². The third kappa shape index (κ3) is 2.35. The number of hydrogen-bond donors (Lipinski definition) is 0. The molecule has 0 heterocycles. The second-order valence-electron chi connectivity index (χ2n) is 3.20. The molecule has 0 bridgehead atoms. The fraction of sp³-hybridized carbons (Fsp3) is 0. The van der Waals surface area contributed by atoms with Crippen molar-refractivity contribution in [2.45, 2.75) is 0 Å². The number of hydrogen-bond acceptors (Lipinski definition) is 0. The van der Waals surface area contributed by atoms with Crippen molar-refractivity contribution in [1.29, 1.82) is 0 Å². The predicted molar refractivity (Wildman–Crippen MR) is 73.6 cm³/mol. The first-order chi connectivity index (χ1) is 7.49. The van der Waals surface area contributed by atoms with Crippen molar-refractivity contribution in [2.75, 3.05) is 0 Å². The molecule has 0 nitrogen and oxygen atoms in total. The Kier molecular flexibility index (Phi) is 3.47. The van der Waals surface area contributed by atoms with E-state index in [1.165, 1.54) is 0 Å². The maximum absolute atomic E-state index is 6.73. The molecule has 16 heavy (non-hydrogen) atoms. The van der Waals surface area contributed by atoms with Crippen LogP contribution in [0.25, 0.3) is 0 Å². The topological polar surface area (TPSA) is 0 Å². The molecule has 0 aliphatic heterocycles. The van der Waals surface area contributed by atoms with Crippen molar-refractivity contribution in [2.24, 2.45) is 0 Å². The molecule has 1 unspecified atom stereocenters. The molecule has 89 valence electrons. The monoisotopic (exact) mass is 363 g/mol. The van der Waals surface area contributed by atoms with Crippen LogP contribution in [0.4, 0.5) is 0 Å². The molecule has 1 atom stereocenters. The van der Waals surface area contributed by atoms with E-state index in [-0.39, 0.29) is 0 Å². The van der Waals surface area contributed by atoms with Crippen LogP contribution in [-0.4, -0.2) is 0 Å². The summed E-state index contributed by atoms with van der Waals surface area (Å²) in [5, 5.41) is 0. The van der Waals surface area contributed by atoms with Crippen LogP contribution in [-0.2, 0) is 11.8 Å². The summed E-state index contributed by atoms with van der Waals surface area (Å²) in [6, 6.07) is 19.7. The molecule has 0 saturated heterocycles. The van der Waals surface area contributed by atoms with Crippen molar-refractivity contribution in [3.63, 3.8) is 0 Å². The van der Waals surface area contributed by atoms with Gasteiger partial charge in [0.25, 0.3) is 0 Å². The first-order valence-corrected chi connectivity index (χ1v) is 13.2. The molecule has 0 aliphatic carbocycles. The average molecular weight is 365 g/mol. The normalized spacial score (nSPS) is 14.1. The summed E-state index contributed by atoms with van der Waals surface area (Å²) in [5.41, 5.74) is 0. The van der Waals surface area contributed by atoms with Crippen LogP contribution in [0.1, 0.15) is 0 Å². The van der Waals surface area contributed by atoms with Gasteiger partial charge >= 0.3 is 107 Å². The van der Waals surface area contributed by atoms with Crippen molar-refractivity contribution >= 4 is 34.6 Å². The van der Waals surface area contributed by atoms with Crippen molar-refractivity contribution in [3.8, 4) is 0 Å². The van der Waals surface area contributed by atoms with E-state index in [4.69, 9.17) is 19.1 Å². The van der Waals surface area contributed by atoms with Gasteiger partial charge in [-0.1, -0.05) is 0 Å². The van der Waals surface area contributed by atoms with E-state index < -0.39 is 11.8 Å². The molecule has 2 aromatic rings. The van der Waals surface area contributed by atoms with Crippen molar-refractivity contribution in [1.82, 2.24) is 0 Å². The van der Waals surface area contributed by atoms with Crippen LogP contribution in [0, 0.1) is 0 Å². The van der Waals surface area contributed by atoms with Gasteiger partial charge in [0, 0.05) is 0 Å². The van der Waals surface area contributed by atoms with Crippen molar-refractivity contribution in [3.05, 3.63) is 60.7 Å². The number of halogens is 2. The quantitative estimate of drug-likeness (QED) is 0.566. The summed E-state index contributed by atoms with van der Waals surface area (Å²) in [4.78, 5) is 0. The second-order valence-corrected chi connectivity index (χ2v) is 22.0. The molecule has 4 heteroatoms. The molecule has 0 fully saturated rings. The first kappa shape index (κ1) is 12.6. The first-order valence-electron chi connectivity index (χ1n) is 4.56. The molecule has 0 spiro atoms. The van der Waals surface area contributed by atoms with Crippen LogP contribution in [0.2, 0.25) is 0 Å². The van der Waals surface area contributed by atoms with E-state index >= 15 is 0 Å². The Morgan fingerprint density at radius 2 is 1.00 bits per heavy atom. The van der Waals surface area contributed by atoms with Crippen LogP contribution < -0.4 is 8.07 Å². The van der Waals surface area contributed by atoms with Gasteiger partial charge in [0.05, 0.1) is 0 Å². The third-order valence-electron chi connectivity index (χ3n) is 2.09. The fourth-order valence-corrected chi connectivity index (χ4v) is 7.64. The van der Waals surface area contributed by atoms with Gasteiger partial charge < -0.3 is 0 Å². The molecular weight excluding hydrogens is 352 g/mol. The van der Waals surface area contributed by atoms with Gasteiger partial charge in [-0.05, 0) is 0 Å². The zero-order valence-corrected chi connectivity index (χ0v) is 12.6. The maximum atomic E-state index is 6.73. The molecule has 2 aromatic carbocycles. The zero-order valence-electron chi connectivity index (χ0n) is 8.42. The molecule has 0 amide bonds. The van der Waals surface area contributed by atoms with Crippen LogP contribution in [0.5, 0.6) is 0 Å². The van der Waals surface area contributed by atoms with Gasteiger partial charge in [-0.25, -0.2) is 0 Å². The Morgan fingerprint density at radius 1 is 0.688 bits per heavy atom. The molecule has 2 rings (SSSR count). The summed E-state index contributed by atoms with van der Waals surface area (Å²) in [6.45, 7) is 0. The van der Waals surface area contributed by atoms with E-state index in [1.807, 2.05) is 60.7 Å². The summed E-state index contributed by atoms with van der Waals surface area (Å²) in [5.74, 6) is 0. The van der Waals surface area contributed by atoms with E-state index in [1.54, 1.807) is 0 Å². The van der Waals surface area contributed by atoms with Gasteiger partial charge in [0.15, 0.2) is 0 Å². The Balaban J connectivity index is 2.60. The summed E-state index contributed by atoms with van der Waals surface area (Å²) < 4.78 is 1.99. The van der Waals surface area contributed by atoms with E-state index in [0.717, 1.165) is 8.07 Å². The Labute approximate surface area is 106 Å². The number of rotatable bonds is 2. The van der Waals surface area contributed by atoms with Gasteiger partial charge in [-0.15, -0.1) is 0 Å². The Bertz CT molecular complexity index is 433. The van der Waals surface area contributed by atoms with Crippen LogP contribution >= 0.6 is 26.5 Å². The molecular formula is C12H12Cl2PPd. The third-order valence-corrected chi connectivity index (χ3v) is 12.2. The summed E-state index contributed by atoms with van der Waals surface area (Å²) >= 11 is -3.45. The number of benzene rings is 2. The molecule has 0 saturated carbocycles. The van der Waals surface area contributed by atoms with E-state index in [9.17, 15) is 0 Å². The Hall–Kier alpha value is 0.112. The fourth-order valence-electron chi connectivity index (χ4n) is 1.30. The Morgan fingerprint density at radius 3 is 1.31 bits per heavy atom. The molecule has 0 aromatic heterocycles. The molecule has 0 aliphatic rings.